The molecule has 2 N–H and O–H groups in total. The fraction of sp³-hybridized carbons (Fsp3) is 0.667. The number of Topliss-reactive ketones (excluding diaryl/α,β-unsaturated/α-hetero) is 1. The minimum absolute atomic E-state index is 0.0223. The van der Waals surface area contributed by atoms with E-state index in [1.165, 1.54) is 0 Å². The molecule has 0 spiro atoms. The number of hydrogen-bond donors (Lipinski definition) is 2. The first-order valence-electron chi connectivity index (χ1n) is 7.30. The van der Waals surface area contributed by atoms with E-state index in [2.05, 4.69) is 10.6 Å². The summed E-state index contributed by atoms with van der Waals surface area (Å²) in [6.45, 7) is 4.49. The molecule has 0 aliphatic carbocycles. The zero-order valence-corrected chi connectivity index (χ0v) is 12.5. The molecule has 2 amide bonds. The molecule has 0 heterocycles. The van der Waals surface area contributed by atoms with Crippen molar-refractivity contribution in [3.8, 4) is 0 Å². The van der Waals surface area contributed by atoms with Crippen molar-refractivity contribution in [2.45, 2.75) is 52.4 Å². The lowest BCUT2D eigenvalue weighted by Gasteiger charge is -2.02. The third kappa shape index (κ3) is 11.4. The van der Waals surface area contributed by atoms with Crippen LogP contribution in [0.15, 0.2) is 12.2 Å². The number of hydrogen-bond acceptors (Lipinski definition) is 3. The quantitative estimate of drug-likeness (QED) is 0.567. The normalized spacial score (nSPS) is 10.5. The van der Waals surface area contributed by atoms with E-state index in [9.17, 15) is 14.4 Å². The van der Waals surface area contributed by atoms with Crippen LogP contribution in [0.2, 0.25) is 0 Å². The molecular weight excluding hydrogens is 256 g/mol. The van der Waals surface area contributed by atoms with Crippen LogP contribution in [0, 0.1) is 0 Å². The monoisotopic (exact) mass is 282 g/mol. The molecule has 5 nitrogen and oxygen atoms in total. The zero-order chi connectivity index (χ0) is 15.2. The maximum atomic E-state index is 11.5. The SMILES string of the molecule is CCCC(=O)NC/C=C/CCC(=O)CNC(=O)CCC. The van der Waals surface area contributed by atoms with E-state index in [0.717, 1.165) is 12.8 Å². The van der Waals surface area contributed by atoms with Gasteiger partial charge in [0.1, 0.15) is 0 Å². The van der Waals surface area contributed by atoms with Crippen molar-refractivity contribution in [3.05, 3.63) is 12.2 Å². The van der Waals surface area contributed by atoms with E-state index < -0.39 is 0 Å². The maximum Gasteiger partial charge on any atom is 0.220 e. The van der Waals surface area contributed by atoms with Gasteiger partial charge >= 0.3 is 0 Å². The van der Waals surface area contributed by atoms with Gasteiger partial charge in [0.15, 0.2) is 5.78 Å². The van der Waals surface area contributed by atoms with Crippen LogP contribution in [-0.2, 0) is 14.4 Å². The van der Waals surface area contributed by atoms with Gasteiger partial charge in [0.05, 0.1) is 6.54 Å². The van der Waals surface area contributed by atoms with Crippen molar-refractivity contribution in [2.75, 3.05) is 13.1 Å². The zero-order valence-electron chi connectivity index (χ0n) is 12.5. The summed E-state index contributed by atoms with van der Waals surface area (Å²) in [5.74, 6) is -0.00369. The first-order chi connectivity index (χ1) is 9.60. The number of allylic oxidation sites excluding steroid dienone is 1. The average molecular weight is 282 g/mol. The molecule has 0 aromatic carbocycles. The van der Waals surface area contributed by atoms with Crippen molar-refractivity contribution in [1.82, 2.24) is 10.6 Å². The van der Waals surface area contributed by atoms with Gasteiger partial charge < -0.3 is 10.6 Å². The second-order valence-electron chi connectivity index (χ2n) is 4.63. The number of carbonyl (C=O) groups excluding carboxylic acids is 3. The van der Waals surface area contributed by atoms with Gasteiger partial charge in [-0.25, -0.2) is 0 Å². The summed E-state index contributed by atoms with van der Waals surface area (Å²) in [6.07, 6.45) is 7.39. The highest BCUT2D eigenvalue weighted by Gasteiger charge is 2.03. The van der Waals surface area contributed by atoms with E-state index in [0.29, 0.717) is 32.2 Å². The summed E-state index contributed by atoms with van der Waals surface area (Å²) in [5, 5.41) is 5.35. The number of carbonyl (C=O) groups is 3. The second-order valence-corrected chi connectivity index (χ2v) is 4.63. The number of rotatable bonds is 11. The number of amides is 2. The van der Waals surface area contributed by atoms with Crippen LogP contribution >= 0.6 is 0 Å². The fourth-order valence-corrected chi connectivity index (χ4v) is 1.53. The summed E-state index contributed by atoms with van der Waals surface area (Å²) in [4.78, 5) is 33.8. The molecule has 20 heavy (non-hydrogen) atoms. The van der Waals surface area contributed by atoms with Crippen LogP contribution in [-0.4, -0.2) is 30.7 Å². The first kappa shape index (κ1) is 18.4. The summed E-state index contributed by atoms with van der Waals surface area (Å²) >= 11 is 0. The molecule has 0 unspecified atom stereocenters. The maximum absolute atomic E-state index is 11.5. The molecule has 114 valence electrons. The lowest BCUT2D eigenvalue weighted by molar-refractivity contribution is -0.125. The molecule has 0 atom stereocenters. The predicted molar refractivity (Wildman–Crippen MR) is 79.2 cm³/mol. The lowest BCUT2D eigenvalue weighted by atomic mass is 10.2. The van der Waals surface area contributed by atoms with Gasteiger partial charge in [-0.05, 0) is 19.3 Å². The molecule has 0 rings (SSSR count). The Hall–Kier alpha value is -1.65. The van der Waals surface area contributed by atoms with Crippen molar-refractivity contribution >= 4 is 17.6 Å². The third-order valence-electron chi connectivity index (χ3n) is 2.61. The Balaban J connectivity index is 3.56. The van der Waals surface area contributed by atoms with Gasteiger partial charge in [-0.15, -0.1) is 0 Å². The van der Waals surface area contributed by atoms with Crippen LogP contribution in [0.4, 0.5) is 0 Å². The Morgan fingerprint density at radius 2 is 1.45 bits per heavy atom. The molecule has 0 radical (unpaired) electrons. The van der Waals surface area contributed by atoms with E-state index >= 15 is 0 Å². The van der Waals surface area contributed by atoms with E-state index in [-0.39, 0.29) is 24.1 Å². The summed E-state index contributed by atoms with van der Waals surface area (Å²) in [5.41, 5.74) is 0. The van der Waals surface area contributed by atoms with Crippen molar-refractivity contribution in [3.63, 3.8) is 0 Å². The summed E-state index contributed by atoms with van der Waals surface area (Å²) in [6, 6.07) is 0. The molecule has 0 aromatic heterocycles. The molecule has 0 fully saturated rings. The highest BCUT2D eigenvalue weighted by Crippen LogP contribution is 1.93. The Morgan fingerprint density at radius 1 is 0.850 bits per heavy atom. The van der Waals surface area contributed by atoms with Crippen LogP contribution in [0.25, 0.3) is 0 Å². The van der Waals surface area contributed by atoms with Crippen LogP contribution in [0.1, 0.15) is 52.4 Å². The van der Waals surface area contributed by atoms with Crippen molar-refractivity contribution in [2.24, 2.45) is 0 Å². The molecule has 0 aliphatic heterocycles. The highest BCUT2D eigenvalue weighted by atomic mass is 16.2. The van der Waals surface area contributed by atoms with Gasteiger partial charge in [-0.2, -0.15) is 0 Å². The van der Waals surface area contributed by atoms with Crippen LogP contribution in [0.3, 0.4) is 0 Å². The highest BCUT2D eigenvalue weighted by molar-refractivity contribution is 5.86. The van der Waals surface area contributed by atoms with Crippen LogP contribution < -0.4 is 10.6 Å². The van der Waals surface area contributed by atoms with Gasteiger partial charge in [-0.1, -0.05) is 26.0 Å². The predicted octanol–water partition coefficient (Wildman–Crippen LogP) is 1.72. The first-order valence-corrected chi connectivity index (χ1v) is 7.30. The van der Waals surface area contributed by atoms with Crippen LogP contribution in [0.5, 0.6) is 0 Å². The van der Waals surface area contributed by atoms with Gasteiger partial charge in [0.25, 0.3) is 0 Å². The Bertz CT molecular complexity index is 338. The van der Waals surface area contributed by atoms with E-state index in [1.54, 1.807) is 0 Å². The minimum atomic E-state index is -0.0740. The molecule has 0 aromatic rings. The fourth-order valence-electron chi connectivity index (χ4n) is 1.53. The topological polar surface area (TPSA) is 75.3 Å². The minimum Gasteiger partial charge on any atom is -0.353 e. The smallest absolute Gasteiger partial charge is 0.220 e. The average Bonchev–Trinajstić information content (AvgIpc) is 2.41. The molecule has 5 heteroatoms. The molecule has 0 aliphatic rings. The molecule has 0 bridgehead atoms. The second kappa shape index (κ2) is 12.4. The van der Waals surface area contributed by atoms with Gasteiger partial charge in [-0.3, -0.25) is 14.4 Å². The number of nitrogens with one attached hydrogen (secondary N) is 2. The Kier molecular flexibility index (Phi) is 11.4. The Labute approximate surface area is 121 Å². The van der Waals surface area contributed by atoms with Gasteiger partial charge in [0, 0.05) is 25.8 Å². The van der Waals surface area contributed by atoms with E-state index in [1.807, 2.05) is 26.0 Å². The van der Waals surface area contributed by atoms with Crippen molar-refractivity contribution in [1.29, 1.82) is 0 Å². The molecular formula is C15H26N2O3. The lowest BCUT2D eigenvalue weighted by Crippen LogP contribution is -2.28. The summed E-state index contributed by atoms with van der Waals surface area (Å²) < 4.78 is 0. The molecule has 0 saturated heterocycles. The number of ketones is 1. The van der Waals surface area contributed by atoms with Gasteiger partial charge in [0.2, 0.25) is 11.8 Å². The summed E-state index contributed by atoms with van der Waals surface area (Å²) in [7, 11) is 0. The Morgan fingerprint density at radius 3 is 2.05 bits per heavy atom. The largest absolute Gasteiger partial charge is 0.353 e. The molecule has 0 saturated carbocycles. The van der Waals surface area contributed by atoms with Crippen molar-refractivity contribution < 1.29 is 14.4 Å². The standard InChI is InChI=1S/C15H26N2O3/c1-3-8-14(19)16-11-7-5-6-10-13(18)12-17-15(20)9-4-2/h5,7H,3-4,6,8-12H2,1-2H3,(H,16,19)(H,17,20)/b7-5+. The van der Waals surface area contributed by atoms with E-state index in [4.69, 9.17) is 0 Å². The third-order valence-corrected chi connectivity index (χ3v) is 2.61.